The molecule has 0 fully saturated rings. The number of rotatable bonds is 1. The summed E-state index contributed by atoms with van der Waals surface area (Å²) < 4.78 is 2.13. The minimum atomic E-state index is 0.780. The molecular formula is C8H12N2S. The standard InChI is InChI=1S/C8H12N2S/c1-11-8-3-2-7-4-5-9-10(7)6-8/h4-5,8H,2-3,6H2,1H3. The van der Waals surface area contributed by atoms with Crippen molar-refractivity contribution in [2.45, 2.75) is 24.6 Å². The van der Waals surface area contributed by atoms with Gasteiger partial charge < -0.3 is 0 Å². The average molecular weight is 168 g/mol. The zero-order valence-electron chi connectivity index (χ0n) is 6.66. The van der Waals surface area contributed by atoms with Gasteiger partial charge in [0.1, 0.15) is 0 Å². The fourth-order valence-electron chi connectivity index (χ4n) is 1.52. The van der Waals surface area contributed by atoms with E-state index in [0.29, 0.717) is 0 Å². The van der Waals surface area contributed by atoms with Crippen LogP contribution in [-0.2, 0) is 13.0 Å². The Morgan fingerprint density at radius 2 is 2.64 bits per heavy atom. The molecule has 3 heteroatoms. The van der Waals surface area contributed by atoms with Gasteiger partial charge in [-0.1, -0.05) is 0 Å². The van der Waals surface area contributed by atoms with Crippen molar-refractivity contribution in [3.63, 3.8) is 0 Å². The van der Waals surface area contributed by atoms with Crippen molar-refractivity contribution in [3.05, 3.63) is 18.0 Å². The summed E-state index contributed by atoms with van der Waals surface area (Å²) >= 11 is 1.95. The fourth-order valence-corrected chi connectivity index (χ4v) is 2.17. The highest BCUT2D eigenvalue weighted by Gasteiger charge is 2.16. The third-order valence-electron chi connectivity index (χ3n) is 2.24. The molecule has 0 bridgehead atoms. The van der Waals surface area contributed by atoms with Crippen molar-refractivity contribution in [2.75, 3.05) is 6.26 Å². The van der Waals surface area contributed by atoms with Crippen molar-refractivity contribution in [3.8, 4) is 0 Å². The van der Waals surface area contributed by atoms with E-state index in [2.05, 4.69) is 22.1 Å². The van der Waals surface area contributed by atoms with Crippen LogP contribution in [0.3, 0.4) is 0 Å². The van der Waals surface area contributed by atoms with Gasteiger partial charge in [0.15, 0.2) is 0 Å². The van der Waals surface area contributed by atoms with Gasteiger partial charge in [-0.25, -0.2) is 0 Å². The predicted molar refractivity (Wildman–Crippen MR) is 47.9 cm³/mol. The summed E-state index contributed by atoms with van der Waals surface area (Å²) in [5.41, 5.74) is 1.40. The normalized spacial score (nSPS) is 23.2. The van der Waals surface area contributed by atoms with E-state index in [9.17, 15) is 0 Å². The minimum absolute atomic E-state index is 0.780. The van der Waals surface area contributed by atoms with Crippen LogP contribution >= 0.6 is 11.8 Å². The second-order valence-corrected chi connectivity index (χ2v) is 4.04. The van der Waals surface area contributed by atoms with Gasteiger partial charge in [-0.15, -0.1) is 0 Å². The Bertz CT molecular complexity index is 244. The Morgan fingerprint density at radius 3 is 3.45 bits per heavy atom. The number of fused-ring (bicyclic) bond motifs is 1. The molecule has 1 atom stereocenters. The summed E-state index contributed by atoms with van der Waals surface area (Å²) in [7, 11) is 0. The molecule has 11 heavy (non-hydrogen) atoms. The van der Waals surface area contributed by atoms with E-state index in [1.54, 1.807) is 0 Å². The molecule has 0 radical (unpaired) electrons. The van der Waals surface area contributed by atoms with E-state index in [-0.39, 0.29) is 0 Å². The third kappa shape index (κ3) is 1.29. The molecule has 2 rings (SSSR count). The number of nitrogens with zero attached hydrogens (tertiary/aromatic N) is 2. The molecule has 1 unspecified atom stereocenters. The molecule has 0 spiro atoms. The van der Waals surface area contributed by atoms with Gasteiger partial charge in [0.05, 0.1) is 6.54 Å². The molecule has 0 aromatic carbocycles. The first-order valence-electron chi connectivity index (χ1n) is 3.93. The van der Waals surface area contributed by atoms with Crippen LogP contribution in [0.2, 0.25) is 0 Å². The molecule has 0 saturated heterocycles. The smallest absolute Gasteiger partial charge is 0.0531 e. The lowest BCUT2D eigenvalue weighted by Gasteiger charge is -2.21. The topological polar surface area (TPSA) is 17.8 Å². The lowest BCUT2D eigenvalue weighted by atomic mass is 10.1. The van der Waals surface area contributed by atoms with E-state index < -0.39 is 0 Å². The lowest BCUT2D eigenvalue weighted by Crippen LogP contribution is -2.22. The maximum Gasteiger partial charge on any atom is 0.0531 e. The van der Waals surface area contributed by atoms with Crippen molar-refractivity contribution in [2.24, 2.45) is 0 Å². The van der Waals surface area contributed by atoms with Crippen molar-refractivity contribution < 1.29 is 0 Å². The number of aryl methyl sites for hydroxylation is 1. The van der Waals surface area contributed by atoms with Crippen LogP contribution in [0.5, 0.6) is 0 Å². The molecule has 2 heterocycles. The summed E-state index contributed by atoms with van der Waals surface area (Å²) in [5, 5.41) is 5.04. The summed E-state index contributed by atoms with van der Waals surface area (Å²) in [5.74, 6) is 0. The molecule has 0 aliphatic carbocycles. The van der Waals surface area contributed by atoms with Gasteiger partial charge in [0.2, 0.25) is 0 Å². The molecule has 60 valence electrons. The summed E-state index contributed by atoms with van der Waals surface area (Å²) in [6.45, 7) is 1.10. The average Bonchev–Trinajstić information content (AvgIpc) is 2.50. The lowest BCUT2D eigenvalue weighted by molar-refractivity contribution is 0.498. The van der Waals surface area contributed by atoms with Crippen LogP contribution in [-0.4, -0.2) is 21.3 Å². The second-order valence-electron chi connectivity index (χ2n) is 2.90. The van der Waals surface area contributed by atoms with Gasteiger partial charge >= 0.3 is 0 Å². The van der Waals surface area contributed by atoms with Crippen LogP contribution in [0.25, 0.3) is 0 Å². The van der Waals surface area contributed by atoms with E-state index >= 15 is 0 Å². The van der Waals surface area contributed by atoms with Crippen LogP contribution in [0.4, 0.5) is 0 Å². The number of aromatic nitrogens is 2. The largest absolute Gasteiger partial charge is 0.268 e. The first kappa shape index (κ1) is 7.22. The molecule has 1 aliphatic rings. The molecular weight excluding hydrogens is 156 g/mol. The van der Waals surface area contributed by atoms with Gasteiger partial charge in [0, 0.05) is 17.1 Å². The van der Waals surface area contributed by atoms with E-state index in [0.717, 1.165) is 11.8 Å². The van der Waals surface area contributed by atoms with Gasteiger partial charge in [-0.05, 0) is 25.2 Å². The van der Waals surface area contributed by atoms with E-state index in [1.807, 2.05) is 18.0 Å². The maximum absolute atomic E-state index is 4.26. The molecule has 2 nitrogen and oxygen atoms in total. The summed E-state index contributed by atoms with van der Waals surface area (Å²) in [4.78, 5) is 0. The quantitative estimate of drug-likeness (QED) is 0.633. The van der Waals surface area contributed by atoms with Crippen molar-refractivity contribution >= 4 is 11.8 Å². The predicted octanol–water partition coefficient (Wildman–Crippen LogP) is 1.56. The first-order valence-corrected chi connectivity index (χ1v) is 5.22. The Kier molecular flexibility index (Phi) is 1.90. The Balaban J connectivity index is 2.18. The van der Waals surface area contributed by atoms with Gasteiger partial charge in [0.25, 0.3) is 0 Å². The summed E-state index contributed by atoms with van der Waals surface area (Å²) in [6.07, 6.45) is 6.59. The number of hydrogen-bond acceptors (Lipinski definition) is 2. The SMILES string of the molecule is CSC1CCc2ccnn2C1. The number of thioether (sulfide) groups is 1. The highest BCUT2D eigenvalue weighted by molar-refractivity contribution is 7.99. The van der Waals surface area contributed by atoms with Gasteiger partial charge in [-0.3, -0.25) is 4.68 Å². The summed E-state index contributed by atoms with van der Waals surface area (Å²) in [6, 6.07) is 2.12. The highest BCUT2D eigenvalue weighted by Crippen LogP contribution is 2.21. The number of hydrogen-bond donors (Lipinski definition) is 0. The monoisotopic (exact) mass is 168 g/mol. The maximum atomic E-state index is 4.26. The molecule has 1 aromatic heterocycles. The fraction of sp³-hybridized carbons (Fsp3) is 0.625. The van der Waals surface area contributed by atoms with Crippen molar-refractivity contribution in [1.82, 2.24) is 9.78 Å². The second kappa shape index (κ2) is 2.89. The Morgan fingerprint density at radius 1 is 1.73 bits per heavy atom. The molecule has 0 amide bonds. The van der Waals surface area contributed by atoms with Crippen LogP contribution in [0.15, 0.2) is 12.3 Å². The zero-order valence-corrected chi connectivity index (χ0v) is 7.47. The van der Waals surface area contributed by atoms with Crippen LogP contribution in [0, 0.1) is 0 Å². The van der Waals surface area contributed by atoms with Gasteiger partial charge in [-0.2, -0.15) is 16.9 Å². The molecule has 1 aromatic rings. The van der Waals surface area contributed by atoms with E-state index in [1.165, 1.54) is 18.5 Å². The minimum Gasteiger partial charge on any atom is -0.268 e. The zero-order chi connectivity index (χ0) is 7.68. The van der Waals surface area contributed by atoms with Crippen LogP contribution < -0.4 is 0 Å². The third-order valence-corrected chi connectivity index (χ3v) is 3.29. The molecule has 0 saturated carbocycles. The molecule has 1 aliphatic heterocycles. The van der Waals surface area contributed by atoms with Crippen molar-refractivity contribution in [1.29, 1.82) is 0 Å². The first-order chi connectivity index (χ1) is 5.40. The highest BCUT2D eigenvalue weighted by atomic mass is 32.2. The van der Waals surface area contributed by atoms with Crippen LogP contribution in [0.1, 0.15) is 12.1 Å². The Labute approximate surface area is 71.0 Å². The molecule has 0 N–H and O–H groups in total. The van der Waals surface area contributed by atoms with E-state index in [4.69, 9.17) is 0 Å². The Hall–Kier alpha value is -0.440.